The average Bonchev–Trinajstić information content (AvgIpc) is 2.98. The molecule has 1 aromatic heterocycles. The maximum Gasteiger partial charge on any atom is 0.265 e. The predicted molar refractivity (Wildman–Crippen MR) is 121 cm³/mol. The van der Waals surface area contributed by atoms with Crippen LogP contribution in [0.25, 0.3) is 0 Å². The predicted octanol–water partition coefficient (Wildman–Crippen LogP) is 4.47. The molecule has 0 radical (unpaired) electrons. The Morgan fingerprint density at radius 1 is 1.30 bits per heavy atom. The maximum absolute atomic E-state index is 12.4. The highest BCUT2D eigenvalue weighted by Gasteiger charge is 2.40. The van der Waals surface area contributed by atoms with Gasteiger partial charge in [0.25, 0.3) is 5.91 Å². The van der Waals surface area contributed by atoms with Gasteiger partial charge in [0.15, 0.2) is 6.61 Å². The molecule has 6 nitrogen and oxygen atoms in total. The second-order valence-electron chi connectivity index (χ2n) is 8.90. The lowest BCUT2D eigenvalue weighted by atomic mass is 9.81. The summed E-state index contributed by atoms with van der Waals surface area (Å²) >= 11 is 1.45. The van der Waals surface area contributed by atoms with E-state index in [1.165, 1.54) is 16.9 Å². The number of hydrogen-bond donors (Lipinski definition) is 2. The van der Waals surface area contributed by atoms with Crippen molar-refractivity contribution < 1.29 is 9.63 Å². The minimum Gasteiger partial charge on any atom is -0.385 e. The molecule has 30 heavy (non-hydrogen) atoms. The van der Waals surface area contributed by atoms with E-state index >= 15 is 0 Å². The smallest absolute Gasteiger partial charge is 0.265 e. The lowest BCUT2D eigenvalue weighted by Gasteiger charge is -2.42. The topological polar surface area (TPSA) is 86.5 Å². The first-order valence-electron chi connectivity index (χ1n) is 9.91. The third kappa shape index (κ3) is 4.72. The van der Waals surface area contributed by atoms with Crippen molar-refractivity contribution in [1.29, 1.82) is 5.26 Å². The molecule has 1 aromatic carbocycles. The number of nitrogens with zero attached hydrogens (tertiary/aromatic N) is 2. The molecule has 2 heterocycles. The maximum atomic E-state index is 12.4. The fourth-order valence-electron chi connectivity index (χ4n) is 3.93. The quantitative estimate of drug-likeness (QED) is 0.548. The van der Waals surface area contributed by atoms with Crippen LogP contribution in [0.2, 0.25) is 0 Å². The van der Waals surface area contributed by atoms with Crippen LogP contribution in [-0.2, 0) is 21.6 Å². The Labute approximate surface area is 181 Å². The van der Waals surface area contributed by atoms with E-state index < -0.39 is 0 Å². The summed E-state index contributed by atoms with van der Waals surface area (Å²) in [6, 6.07) is 10.2. The van der Waals surface area contributed by atoms with Gasteiger partial charge in [0.1, 0.15) is 11.1 Å². The molecule has 0 fully saturated rings. The Morgan fingerprint density at radius 2 is 1.97 bits per heavy atom. The number of benzene rings is 1. The molecule has 1 amide bonds. The number of anilines is 1. The summed E-state index contributed by atoms with van der Waals surface area (Å²) in [6.45, 7) is 12.1. The van der Waals surface area contributed by atoms with E-state index in [0.717, 1.165) is 22.4 Å². The Morgan fingerprint density at radius 3 is 2.60 bits per heavy atom. The molecule has 0 saturated heterocycles. The van der Waals surface area contributed by atoms with Crippen molar-refractivity contribution in [2.45, 2.75) is 59.0 Å². The number of rotatable bonds is 5. The van der Waals surface area contributed by atoms with E-state index in [4.69, 9.17) is 4.84 Å². The summed E-state index contributed by atoms with van der Waals surface area (Å²) in [4.78, 5) is 18.8. The second-order valence-corrected chi connectivity index (χ2v) is 9.92. The fraction of sp³-hybridized carbons (Fsp3) is 0.435. The zero-order valence-corrected chi connectivity index (χ0v) is 19.2. The van der Waals surface area contributed by atoms with Crippen LogP contribution in [0, 0.1) is 18.3 Å². The molecule has 0 bridgehead atoms. The van der Waals surface area contributed by atoms with Gasteiger partial charge in [-0.05, 0) is 59.1 Å². The summed E-state index contributed by atoms with van der Waals surface area (Å²) in [5.41, 5.74) is 3.96. The molecule has 0 saturated carbocycles. The average molecular weight is 425 g/mol. The van der Waals surface area contributed by atoms with Crippen molar-refractivity contribution in [3.8, 4) is 6.07 Å². The molecule has 0 spiro atoms. The van der Waals surface area contributed by atoms with Gasteiger partial charge in [-0.3, -0.25) is 4.79 Å². The van der Waals surface area contributed by atoms with Crippen LogP contribution in [0.3, 0.4) is 0 Å². The minimum atomic E-state index is -0.337. The van der Waals surface area contributed by atoms with Gasteiger partial charge in [0.05, 0.1) is 11.3 Å². The van der Waals surface area contributed by atoms with Gasteiger partial charge < -0.3 is 15.5 Å². The summed E-state index contributed by atoms with van der Waals surface area (Å²) in [5, 5.41) is 20.8. The Hall–Kier alpha value is -2.69. The number of nitrogens with one attached hydrogen (secondary N) is 2. The first-order chi connectivity index (χ1) is 14.0. The number of thiophene rings is 1. The molecule has 7 heteroatoms. The standard InChI is InChI=1S/C23H28N4O2S/c1-14-7-9-16(10-8-14)15(2)26-29-13-19(28)25-21-18(12-24)17-11-22(3,4)27-23(5,6)20(17)30-21/h7-10,27H,11,13H2,1-6H3,(H,25,28)/b26-15-. The van der Waals surface area contributed by atoms with Crippen molar-refractivity contribution in [3.05, 3.63) is 51.4 Å². The zero-order valence-electron chi connectivity index (χ0n) is 18.3. The van der Waals surface area contributed by atoms with Crippen LogP contribution in [0.15, 0.2) is 29.4 Å². The van der Waals surface area contributed by atoms with Gasteiger partial charge in [0.2, 0.25) is 0 Å². The van der Waals surface area contributed by atoms with Crippen LogP contribution >= 0.6 is 11.3 Å². The van der Waals surface area contributed by atoms with Crippen molar-refractivity contribution in [1.82, 2.24) is 5.32 Å². The van der Waals surface area contributed by atoms with Gasteiger partial charge in [-0.25, -0.2) is 0 Å². The van der Waals surface area contributed by atoms with Crippen molar-refractivity contribution >= 4 is 28.0 Å². The number of oxime groups is 1. The van der Waals surface area contributed by atoms with E-state index in [9.17, 15) is 10.1 Å². The molecule has 3 rings (SSSR count). The number of amides is 1. The van der Waals surface area contributed by atoms with Crippen molar-refractivity contribution in [2.24, 2.45) is 5.16 Å². The second kappa shape index (κ2) is 8.21. The molecular formula is C23H28N4O2S. The first kappa shape index (κ1) is 22.0. The molecule has 0 unspecified atom stereocenters. The Bertz CT molecular complexity index is 1030. The third-order valence-corrected chi connectivity index (χ3v) is 6.55. The van der Waals surface area contributed by atoms with Gasteiger partial charge >= 0.3 is 0 Å². The monoisotopic (exact) mass is 424 g/mol. The molecule has 0 aliphatic carbocycles. The van der Waals surface area contributed by atoms with Crippen LogP contribution in [0.5, 0.6) is 0 Å². The highest BCUT2D eigenvalue weighted by molar-refractivity contribution is 7.17. The fourth-order valence-corrected chi connectivity index (χ4v) is 5.18. The molecule has 1 aliphatic heterocycles. The van der Waals surface area contributed by atoms with E-state index in [-0.39, 0.29) is 23.6 Å². The summed E-state index contributed by atoms with van der Waals surface area (Å²) < 4.78 is 0. The highest BCUT2D eigenvalue weighted by atomic mass is 32.1. The van der Waals surface area contributed by atoms with Crippen LogP contribution in [-0.4, -0.2) is 23.8 Å². The number of nitriles is 1. The summed E-state index contributed by atoms with van der Waals surface area (Å²) in [6.07, 6.45) is 0.734. The summed E-state index contributed by atoms with van der Waals surface area (Å²) in [7, 11) is 0. The number of fused-ring (bicyclic) bond motifs is 1. The van der Waals surface area contributed by atoms with Crippen LogP contribution in [0.4, 0.5) is 5.00 Å². The normalized spacial score (nSPS) is 17.0. The first-order valence-corrected chi connectivity index (χ1v) is 10.7. The molecule has 2 aromatic rings. The number of aryl methyl sites for hydroxylation is 1. The van der Waals surface area contributed by atoms with Gasteiger partial charge in [0, 0.05) is 16.0 Å². The molecule has 0 atom stereocenters. The van der Waals surface area contributed by atoms with Crippen LogP contribution < -0.4 is 10.6 Å². The molecule has 2 N–H and O–H groups in total. The van der Waals surface area contributed by atoms with E-state index in [1.54, 1.807) is 0 Å². The van der Waals surface area contributed by atoms with Gasteiger partial charge in [-0.2, -0.15) is 5.26 Å². The van der Waals surface area contributed by atoms with E-state index in [0.29, 0.717) is 16.3 Å². The lowest BCUT2D eigenvalue weighted by molar-refractivity contribution is -0.120. The van der Waals surface area contributed by atoms with Crippen molar-refractivity contribution in [3.63, 3.8) is 0 Å². The molecule has 158 valence electrons. The van der Waals surface area contributed by atoms with E-state index in [2.05, 4.69) is 49.6 Å². The van der Waals surface area contributed by atoms with Crippen LogP contribution in [0.1, 0.15) is 61.7 Å². The SMILES string of the molecule is C/C(=N/OCC(=O)Nc1sc2c(c1C#N)CC(C)(C)NC2(C)C)c1ccc(C)cc1. The zero-order chi connectivity index (χ0) is 22.1. The van der Waals surface area contributed by atoms with Gasteiger partial charge in [-0.1, -0.05) is 35.0 Å². The lowest BCUT2D eigenvalue weighted by Crippen LogP contribution is -2.54. The van der Waals surface area contributed by atoms with Gasteiger partial charge in [-0.15, -0.1) is 11.3 Å². The largest absolute Gasteiger partial charge is 0.385 e. The molecular weight excluding hydrogens is 396 g/mol. The summed E-state index contributed by atoms with van der Waals surface area (Å²) in [5.74, 6) is -0.337. The minimum absolute atomic E-state index is 0.129. The Kier molecular flexibility index (Phi) is 6.02. The third-order valence-electron chi connectivity index (χ3n) is 5.08. The molecule has 1 aliphatic rings. The number of hydrogen-bond acceptors (Lipinski definition) is 6. The Balaban J connectivity index is 1.70. The van der Waals surface area contributed by atoms with E-state index in [1.807, 2.05) is 38.1 Å². The highest BCUT2D eigenvalue weighted by Crippen LogP contribution is 2.44. The van der Waals surface area contributed by atoms with Crippen molar-refractivity contribution in [2.75, 3.05) is 11.9 Å². The number of carbonyl (C=O) groups is 1. The number of carbonyl (C=O) groups excluding carboxylic acids is 1.